The minimum atomic E-state index is -3.43. The lowest BCUT2D eigenvalue weighted by Gasteiger charge is -2.28. The maximum atomic E-state index is 12.8. The van der Waals surface area contributed by atoms with Crippen molar-refractivity contribution in [2.75, 3.05) is 53.5 Å². The van der Waals surface area contributed by atoms with Crippen molar-refractivity contribution in [1.82, 2.24) is 19.9 Å². The Morgan fingerprint density at radius 2 is 1.86 bits per heavy atom. The Balaban J connectivity index is 1.84. The van der Waals surface area contributed by atoms with E-state index >= 15 is 0 Å². The van der Waals surface area contributed by atoms with E-state index < -0.39 is 10.0 Å². The molecule has 0 unspecified atom stereocenters. The van der Waals surface area contributed by atoms with Gasteiger partial charge in [-0.1, -0.05) is 6.92 Å². The summed E-state index contributed by atoms with van der Waals surface area (Å²) in [6, 6.07) is 0. The smallest absolute Gasteiger partial charge is 0.236 e. The molecule has 0 atom stereocenters. The Morgan fingerprint density at radius 1 is 1.14 bits per heavy atom. The number of hydrogen-bond donors (Lipinski definition) is 1. The van der Waals surface area contributed by atoms with Crippen LogP contribution < -0.4 is 14.9 Å². The van der Waals surface area contributed by atoms with Crippen LogP contribution in [0.25, 0.3) is 11.3 Å². The van der Waals surface area contributed by atoms with Crippen LogP contribution in [0.4, 0.5) is 17.7 Å². The van der Waals surface area contributed by atoms with Crippen molar-refractivity contribution >= 4 is 27.7 Å². The zero-order valence-corrected chi connectivity index (χ0v) is 16.5. The summed E-state index contributed by atoms with van der Waals surface area (Å²) >= 11 is 0. The summed E-state index contributed by atoms with van der Waals surface area (Å²) in [6.45, 7) is 4.68. The molecular formula is C17H23N7O3S. The first kappa shape index (κ1) is 18.8. The number of fused-ring (bicyclic) bond motifs is 1. The summed E-state index contributed by atoms with van der Waals surface area (Å²) in [7, 11) is -3.43. The molecule has 1 saturated heterocycles. The Kier molecular flexibility index (Phi) is 5.02. The number of sulfonamides is 1. The molecule has 4 heterocycles. The van der Waals surface area contributed by atoms with E-state index in [9.17, 15) is 8.42 Å². The summed E-state index contributed by atoms with van der Waals surface area (Å²) < 4.78 is 32.4. The molecule has 0 aliphatic carbocycles. The first-order valence-electron chi connectivity index (χ1n) is 9.31. The van der Waals surface area contributed by atoms with Gasteiger partial charge < -0.3 is 15.4 Å². The second-order valence-electron chi connectivity index (χ2n) is 6.74. The fraction of sp³-hybridized carbons (Fsp3) is 0.529. The molecule has 0 bridgehead atoms. The number of rotatable bonds is 5. The number of aromatic nitrogens is 4. The van der Waals surface area contributed by atoms with E-state index in [1.165, 1.54) is 4.31 Å². The van der Waals surface area contributed by atoms with E-state index in [2.05, 4.69) is 15.0 Å². The molecule has 1 fully saturated rings. The molecule has 11 heteroatoms. The molecule has 0 radical (unpaired) electrons. The molecule has 0 amide bonds. The minimum absolute atomic E-state index is 0.0869. The van der Waals surface area contributed by atoms with Crippen molar-refractivity contribution in [3.8, 4) is 11.3 Å². The molecule has 0 spiro atoms. The first-order chi connectivity index (χ1) is 13.5. The zero-order valence-electron chi connectivity index (χ0n) is 15.7. The van der Waals surface area contributed by atoms with Gasteiger partial charge in [0.05, 0.1) is 24.7 Å². The maximum absolute atomic E-state index is 12.8. The van der Waals surface area contributed by atoms with E-state index in [0.29, 0.717) is 68.7 Å². The number of ether oxygens (including phenoxy) is 1. The van der Waals surface area contributed by atoms with Crippen molar-refractivity contribution in [3.05, 3.63) is 18.0 Å². The summed E-state index contributed by atoms with van der Waals surface area (Å²) in [5, 5.41) is 0. The number of anilines is 3. The minimum Gasteiger partial charge on any atom is -0.378 e. The maximum Gasteiger partial charge on any atom is 0.236 e. The number of nitrogen functional groups attached to an aromatic ring is 1. The summed E-state index contributed by atoms with van der Waals surface area (Å²) in [5.74, 6) is 1.21. The topological polar surface area (TPSA) is 127 Å². The summed E-state index contributed by atoms with van der Waals surface area (Å²) in [6.07, 6.45) is 4.31. The van der Waals surface area contributed by atoms with Crippen LogP contribution in [0.2, 0.25) is 0 Å². The van der Waals surface area contributed by atoms with Crippen molar-refractivity contribution in [3.63, 3.8) is 0 Å². The average Bonchev–Trinajstić information content (AvgIpc) is 3.13. The van der Waals surface area contributed by atoms with Crippen LogP contribution in [0.3, 0.4) is 0 Å². The molecule has 10 nitrogen and oxygen atoms in total. The van der Waals surface area contributed by atoms with E-state index in [-0.39, 0.29) is 11.7 Å². The monoisotopic (exact) mass is 405 g/mol. The van der Waals surface area contributed by atoms with Gasteiger partial charge in [-0.3, -0.25) is 4.31 Å². The van der Waals surface area contributed by atoms with Crippen LogP contribution in [0.15, 0.2) is 12.4 Å². The van der Waals surface area contributed by atoms with Crippen molar-refractivity contribution in [1.29, 1.82) is 0 Å². The van der Waals surface area contributed by atoms with Gasteiger partial charge in [0.15, 0.2) is 5.82 Å². The fourth-order valence-corrected chi connectivity index (χ4v) is 4.98. The van der Waals surface area contributed by atoms with Crippen LogP contribution in [-0.2, 0) is 21.2 Å². The Hall–Kier alpha value is -2.53. The number of morpholine rings is 1. The van der Waals surface area contributed by atoms with E-state index in [1.807, 2.05) is 11.8 Å². The predicted molar refractivity (Wildman–Crippen MR) is 106 cm³/mol. The van der Waals surface area contributed by atoms with Gasteiger partial charge in [-0.05, 0) is 12.8 Å². The average molecular weight is 405 g/mol. The molecule has 4 rings (SSSR count). The SMILES string of the molecule is CCCS(=O)(=O)N1CCc2c(-c3cnc(N)nc3)nc(N3CCOCC3)nc21. The van der Waals surface area contributed by atoms with E-state index in [0.717, 1.165) is 5.56 Å². The number of nitrogens with zero attached hydrogens (tertiary/aromatic N) is 6. The largest absolute Gasteiger partial charge is 0.378 e. The van der Waals surface area contributed by atoms with Crippen LogP contribution in [-0.4, -0.2) is 67.0 Å². The van der Waals surface area contributed by atoms with Gasteiger partial charge >= 0.3 is 0 Å². The lowest BCUT2D eigenvalue weighted by atomic mass is 10.1. The fourth-order valence-electron chi connectivity index (χ4n) is 3.46. The van der Waals surface area contributed by atoms with Crippen LogP contribution in [0.5, 0.6) is 0 Å². The molecule has 0 saturated carbocycles. The molecule has 2 aliphatic rings. The van der Waals surface area contributed by atoms with Gasteiger partial charge in [0, 0.05) is 43.2 Å². The normalized spacial score (nSPS) is 17.0. The van der Waals surface area contributed by atoms with Gasteiger partial charge in [0.1, 0.15) is 0 Å². The third-order valence-corrected chi connectivity index (χ3v) is 6.76. The third-order valence-electron chi connectivity index (χ3n) is 4.81. The summed E-state index contributed by atoms with van der Waals surface area (Å²) in [5.41, 5.74) is 7.75. The highest BCUT2D eigenvalue weighted by molar-refractivity contribution is 7.92. The van der Waals surface area contributed by atoms with Crippen LogP contribution in [0.1, 0.15) is 18.9 Å². The Morgan fingerprint density at radius 3 is 2.54 bits per heavy atom. The lowest BCUT2D eigenvalue weighted by molar-refractivity contribution is 0.122. The van der Waals surface area contributed by atoms with Gasteiger partial charge in [-0.2, -0.15) is 4.98 Å². The molecule has 150 valence electrons. The molecule has 2 aromatic heterocycles. The quantitative estimate of drug-likeness (QED) is 0.754. The van der Waals surface area contributed by atoms with Gasteiger partial charge in [-0.15, -0.1) is 0 Å². The second kappa shape index (κ2) is 7.47. The van der Waals surface area contributed by atoms with Gasteiger partial charge in [0.25, 0.3) is 0 Å². The standard InChI is InChI=1S/C17H23N7O3S/c1-2-9-28(25,26)24-4-3-13-14(12-10-19-16(18)20-11-12)21-17(22-15(13)24)23-5-7-27-8-6-23/h10-11H,2-9H2,1H3,(H2,18,19,20). The molecule has 28 heavy (non-hydrogen) atoms. The molecule has 2 N–H and O–H groups in total. The van der Waals surface area contributed by atoms with Crippen LogP contribution in [0, 0.1) is 0 Å². The zero-order chi connectivity index (χ0) is 19.7. The number of nitrogens with two attached hydrogens (primary N) is 1. The van der Waals surface area contributed by atoms with Gasteiger partial charge in [-0.25, -0.2) is 23.4 Å². The highest BCUT2D eigenvalue weighted by atomic mass is 32.2. The Labute approximate surface area is 163 Å². The first-order valence-corrected chi connectivity index (χ1v) is 10.9. The van der Waals surface area contributed by atoms with Crippen LogP contribution >= 0.6 is 0 Å². The van der Waals surface area contributed by atoms with E-state index in [1.54, 1.807) is 12.4 Å². The predicted octanol–water partition coefficient (Wildman–Crippen LogP) is 0.455. The van der Waals surface area contributed by atoms with Gasteiger partial charge in [0.2, 0.25) is 21.9 Å². The van der Waals surface area contributed by atoms with Crippen molar-refractivity contribution < 1.29 is 13.2 Å². The van der Waals surface area contributed by atoms with Crippen molar-refractivity contribution in [2.24, 2.45) is 0 Å². The molecule has 2 aliphatic heterocycles. The highest BCUT2D eigenvalue weighted by Gasteiger charge is 2.34. The lowest BCUT2D eigenvalue weighted by Crippen LogP contribution is -2.38. The summed E-state index contributed by atoms with van der Waals surface area (Å²) in [4.78, 5) is 19.5. The second-order valence-corrected chi connectivity index (χ2v) is 8.75. The highest BCUT2D eigenvalue weighted by Crippen LogP contribution is 2.36. The third kappa shape index (κ3) is 3.47. The number of hydrogen-bond acceptors (Lipinski definition) is 9. The van der Waals surface area contributed by atoms with Crippen molar-refractivity contribution in [2.45, 2.75) is 19.8 Å². The Bertz CT molecular complexity index is 959. The molecule has 2 aromatic rings. The van der Waals surface area contributed by atoms with E-state index in [4.69, 9.17) is 15.5 Å². The molecule has 0 aromatic carbocycles. The molecular weight excluding hydrogens is 382 g/mol.